The van der Waals surface area contributed by atoms with E-state index in [4.69, 9.17) is 0 Å². The van der Waals surface area contributed by atoms with E-state index in [2.05, 4.69) is 39.1 Å². The smallest absolute Gasteiger partial charge is 0.169 e. The second kappa shape index (κ2) is 8.51. The van der Waals surface area contributed by atoms with Crippen LogP contribution in [0, 0.1) is 22.7 Å². The molecule has 0 unspecified atom stereocenters. The van der Waals surface area contributed by atoms with Crippen LogP contribution >= 0.6 is 0 Å². The molecule has 0 spiro atoms. The molecule has 2 heterocycles. The summed E-state index contributed by atoms with van der Waals surface area (Å²) in [5.41, 5.74) is 4.27. The van der Waals surface area contributed by atoms with Gasteiger partial charge < -0.3 is 9.80 Å². The van der Waals surface area contributed by atoms with Crippen LogP contribution in [0.15, 0.2) is 24.3 Å². The van der Waals surface area contributed by atoms with Crippen molar-refractivity contribution < 1.29 is 0 Å². The molecule has 27 heavy (non-hydrogen) atoms. The lowest BCUT2D eigenvalue weighted by Crippen LogP contribution is -2.32. The molecular formula is C21H24N6. The van der Waals surface area contributed by atoms with Gasteiger partial charge in [-0.25, -0.2) is 0 Å². The number of aromatic nitrogens is 2. The van der Waals surface area contributed by atoms with E-state index < -0.39 is 0 Å². The number of anilines is 2. The highest BCUT2D eigenvalue weighted by Crippen LogP contribution is 2.26. The fourth-order valence-electron chi connectivity index (χ4n) is 3.72. The Hall–Kier alpha value is -3.12. The molecular weight excluding hydrogens is 336 g/mol. The molecule has 0 aliphatic carbocycles. The Balaban J connectivity index is 1.87. The lowest BCUT2D eigenvalue weighted by molar-refractivity contribution is 0.768. The number of hydrogen-bond acceptors (Lipinski definition) is 6. The lowest BCUT2D eigenvalue weighted by atomic mass is 10.0. The molecule has 0 atom stereocenters. The minimum atomic E-state index is 0.662. The summed E-state index contributed by atoms with van der Waals surface area (Å²) in [7, 11) is 0. The average Bonchev–Trinajstić information content (AvgIpc) is 2.98. The first kappa shape index (κ1) is 18.7. The monoisotopic (exact) mass is 360 g/mol. The van der Waals surface area contributed by atoms with Crippen molar-refractivity contribution in [1.82, 2.24) is 10.2 Å². The maximum Gasteiger partial charge on any atom is 0.169 e. The van der Waals surface area contributed by atoms with Gasteiger partial charge in [0, 0.05) is 26.2 Å². The van der Waals surface area contributed by atoms with E-state index in [0.29, 0.717) is 16.9 Å². The maximum atomic E-state index is 9.76. The van der Waals surface area contributed by atoms with Gasteiger partial charge in [0.15, 0.2) is 5.82 Å². The molecule has 0 bridgehead atoms. The average molecular weight is 360 g/mol. The normalized spacial score (nSPS) is 14.4. The molecule has 1 aromatic heterocycles. The van der Waals surface area contributed by atoms with E-state index in [9.17, 15) is 10.5 Å². The SMILES string of the molecule is CCc1nnc(N2CCCN(c3ccccc3C#N)CC2)c(C#N)c1CC. The minimum Gasteiger partial charge on any atom is -0.369 e. The van der Waals surface area contributed by atoms with E-state index in [1.165, 1.54) is 0 Å². The van der Waals surface area contributed by atoms with Gasteiger partial charge in [0.2, 0.25) is 0 Å². The predicted molar refractivity (Wildman–Crippen MR) is 106 cm³/mol. The zero-order chi connectivity index (χ0) is 19.2. The molecule has 6 heteroatoms. The molecule has 0 amide bonds. The van der Waals surface area contributed by atoms with Crippen LogP contribution < -0.4 is 9.80 Å². The zero-order valence-electron chi connectivity index (χ0n) is 15.9. The summed E-state index contributed by atoms with van der Waals surface area (Å²) in [5.74, 6) is 0.696. The number of benzene rings is 1. The first-order valence-corrected chi connectivity index (χ1v) is 9.51. The summed E-state index contributed by atoms with van der Waals surface area (Å²) < 4.78 is 0. The Labute approximate surface area is 160 Å². The second-order valence-corrected chi connectivity index (χ2v) is 6.60. The van der Waals surface area contributed by atoms with Crippen LogP contribution in [0.25, 0.3) is 0 Å². The molecule has 1 saturated heterocycles. The van der Waals surface area contributed by atoms with Crippen LogP contribution in [-0.2, 0) is 12.8 Å². The Kier molecular flexibility index (Phi) is 5.88. The van der Waals surface area contributed by atoms with Crippen molar-refractivity contribution in [1.29, 1.82) is 10.5 Å². The first-order valence-electron chi connectivity index (χ1n) is 9.51. The fraction of sp³-hybridized carbons (Fsp3) is 0.429. The molecule has 1 aliphatic heterocycles. The van der Waals surface area contributed by atoms with E-state index in [1.807, 2.05) is 31.2 Å². The van der Waals surface area contributed by atoms with Gasteiger partial charge in [-0.3, -0.25) is 0 Å². The van der Waals surface area contributed by atoms with E-state index in [0.717, 1.165) is 62.4 Å². The van der Waals surface area contributed by atoms with E-state index in [-0.39, 0.29) is 0 Å². The third-order valence-electron chi connectivity index (χ3n) is 5.10. The topological polar surface area (TPSA) is 79.8 Å². The molecule has 1 aromatic carbocycles. The van der Waals surface area contributed by atoms with Gasteiger partial charge >= 0.3 is 0 Å². The third-order valence-corrected chi connectivity index (χ3v) is 5.10. The summed E-state index contributed by atoms with van der Waals surface area (Å²) in [6.07, 6.45) is 2.50. The predicted octanol–water partition coefficient (Wildman–Crippen LogP) is 3.06. The fourth-order valence-corrected chi connectivity index (χ4v) is 3.72. The number of hydrogen-bond donors (Lipinski definition) is 0. The van der Waals surface area contributed by atoms with Crippen molar-refractivity contribution in [3.05, 3.63) is 46.6 Å². The highest BCUT2D eigenvalue weighted by Gasteiger charge is 2.23. The Bertz CT molecular complexity index is 893. The van der Waals surface area contributed by atoms with Crippen molar-refractivity contribution in [2.45, 2.75) is 33.1 Å². The van der Waals surface area contributed by atoms with Crippen LogP contribution in [0.4, 0.5) is 11.5 Å². The van der Waals surface area contributed by atoms with Crippen molar-refractivity contribution in [3.8, 4) is 12.1 Å². The maximum absolute atomic E-state index is 9.76. The summed E-state index contributed by atoms with van der Waals surface area (Å²) in [6, 6.07) is 12.4. The van der Waals surface area contributed by atoms with E-state index >= 15 is 0 Å². The third kappa shape index (κ3) is 3.71. The van der Waals surface area contributed by atoms with Crippen LogP contribution in [0.3, 0.4) is 0 Å². The number of para-hydroxylation sites is 1. The van der Waals surface area contributed by atoms with Gasteiger partial charge in [-0.1, -0.05) is 26.0 Å². The molecule has 0 N–H and O–H groups in total. The molecule has 1 fully saturated rings. The van der Waals surface area contributed by atoms with Crippen molar-refractivity contribution in [2.75, 3.05) is 36.0 Å². The molecule has 1 aliphatic rings. The quantitative estimate of drug-likeness (QED) is 0.834. The van der Waals surface area contributed by atoms with Crippen LogP contribution in [0.1, 0.15) is 42.7 Å². The van der Waals surface area contributed by atoms with E-state index in [1.54, 1.807) is 0 Å². The van der Waals surface area contributed by atoms with Crippen molar-refractivity contribution >= 4 is 11.5 Å². The van der Waals surface area contributed by atoms with Gasteiger partial charge in [-0.05, 0) is 37.0 Å². The van der Waals surface area contributed by atoms with Crippen molar-refractivity contribution in [2.24, 2.45) is 0 Å². The minimum absolute atomic E-state index is 0.662. The molecule has 2 aromatic rings. The Morgan fingerprint density at radius 2 is 1.67 bits per heavy atom. The van der Waals surface area contributed by atoms with Crippen LogP contribution in [-0.4, -0.2) is 36.4 Å². The molecule has 0 saturated carbocycles. The van der Waals surface area contributed by atoms with Crippen molar-refractivity contribution in [3.63, 3.8) is 0 Å². The highest BCUT2D eigenvalue weighted by molar-refractivity contribution is 5.61. The Morgan fingerprint density at radius 3 is 2.37 bits per heavy atom. The Morgan fingerprint density at radius 1 is 0.926 bits per heavy atom. The van der Waals surface area contributed by atoms with Gasteiger partial charge in [0.05, 0.1) is 16.9 Å². The number of nitrogens with zero attached hydrogens (tertiary/aromatic N) is 6. The largest absolute Gasteiger partial charge is 0.369 e. The van der Waals surface area contributed by atoms with Gasteiger partial charge in [-0.15, -0.1) is 5.10 Å². The molecule has 6 nitrogen and oxygen atoms in total. The highest BCUT2D eigenvalue weighted by atomic mass is 15.3. The second-order valence-electron chi connectivity index (χ2n) is 6.60. The first-order chi connectivity index (χ1) is 13.2. The molecule has 3 rings (SSSR count). The lowest BCUT2D eigenvalue weighted by Gasteiger charge is -2.25. The van der Waals surface area contributed by atoms with Crippen LogP contribution in [0.2, 0.25) is 0 Å². The van der Waals surface area contributed by atoms with Crippen LogP contribution in [0.5, 0.6) is 0 Å². The molecule has 0 radical (unpaired) electrons. The number of aryl methyl sites for hydroxylation is 1. The standard InChI is InChI=1S/C21H24N6/c1-3-17-18(15-23)21(25-24-19(17)4-2)27-11-7-10-26(12-13-27)20-9-6-5-8-16(20)14-22/h5-6,8-9H,3-4,7,10-13H2,1-2H3. The van der Waals surface area contributed by atoms with Gasteiger partial charge in [0.1, 0.15) is 17.7 Å². The number of nitriles is 2. The van der Waals surface area contributed by atoms with Gasteiger partial charge in [0.25, 0.3) is 0 Å². The zero-order valence-corrected chi connectivity index (χ0v) is 15.9. The summed E-state index contributed by atoms with van der Waals surface area (Å²) in [5, 5.41) is 27.9. The number of rotatable bonds is 4. The summed E-state index contributed by atoms with van der Waals surface area (Å²) >= 11 is 0. The molecule has 138 valence electrons. The summed E-state index contributed by atoms with van der Waals surface area (Å²) in [6.45, 7) is 7.32. The van der Waals surface area contributed by atoms with Gasteiger partial charge in [-0.2, -0.15) is 15.6 Å². The summed E-state index contributed by atoms with van der Waals surface area (Å²) in [4.78, 5) is 4.41.